The van der Waals surface area contributed by atoms with Crippen LogP contribution < -0.4 is 10.1 Å². The molecule has 1 aromatic carbocycles. The van der Waals surface area contributed by atoms with Gasteiger partial charge in [0.2, 0.25) is 0 Å². The third-order valence-corrected chi connectivity index (χ3v) is 3.45. The van der Waals surface area contributed by atoms with E-state index in [1.54, 1.807) is 0 Å². The quantitative estimate of drug-likeness (QED) is 0.841. The van der Waals surface area contributed by atoms with Gasteiger partial charge in [0.25, 0.3) is 0 Å². The van der Waals surface area contributed by atoms with Crippen molar-refractivity contribution in [2.24, 2.45) is 0 Å². The summed E-state index contributed by atoms with van der Waals surface area (Å²) in [5, 5.41) is 7.74. The van der Waals surface area contributed by atoms with Gasteiger partial charge in [-0.2, -0.15) is 5.10 Å². The highest BCUT2D eigenvalue weighted by molar-refractivity contribution is 5.27. The molecule has 1 aliphatic rings. The number of benzene rings is 1. The lowest BCUT2D eigenvalue weighted by atomic mass is 10.2. The van der Waals surface area contributed by atoms with Crippen LogP contribution in [0.5, 0.6) is 5.75 Å². The van der Waals surface area contributed by atoms with Crippen LogP contribution in [0.3, 0.4) is 0 Å². The molecule has 1 fully saturated rings. The smallest absolute Gasteiger partial charge is 0.119 e. The Hall–Kier alpha value is -1.81. The minimum absolute atomic E-state index is 0.640. The van der Waals surface area contributed by atoms with E-state index in [9.17, 15) is 0 Å². The third kappa shape index (κ3) is 3.84. The molecule has 1 aromatic heterocycles. The highest BCUT2D eigenvalue weighted by Crippen LogP contribution is 2.19. The number of nitrogens with zero attached hydrogens (tertiary/aromatic N) is 2. The fourth-order valence-electron chi connectivity index (χ4n) is 2.10. The van der Waals surface area contributed by atoms with Crippen LogP contribution >= 0.6 is 0 Å². The van der Waals surface area contributed by atoms with Gasteiger partial charge in [-0.1, -0.05) is 12.1 Å². The molecule has 0 atom stereocenters. The number of aryl methyl sites for hydroxylation is 1. The maximum absolute atomic E-state index is 5.73. The van der Waals surface area contributed by atoms with Crippen LogP contribution in [-0.4, -0.2) is 22.4 Å². The molecule has 0 spiro atoms. The van der Waals surface area contributed by atoms with Crippen molar-refractivity contribution in [2.75, 3.05) is 6.61 Å². The normalized spacial score (nSPS) is 14.4. The Balaban J connectivity index is 1.42. The van der Waals surface area contributed by atoms with Gasteiger partial charge in [0.15, 0.2) is 0 Å². The average molecular weight is 271 g/mol. The summed E-state index contributed by atoms with van der Waals surface area (Å²) in [7, 11) is 0. The molecule has 0 aliphatic heterocycles. The molecule has 0 radical (unpaired) electrons. The Morgan fingerprint density at radius 1 is 1.30 bits per heavy atom. The summed E-state index contributed by atoms with van der Waals surface area (Å²) < 4.78 is 7.64. The van der Waals surface area contributed by atoms with Crippen LogP contribution in [0.1, 0.15) is 24.0 Å². The molecular formula is C16H21N3O. The average Bonchev–Trinajstić information content (AvgIpc) is 3.20. The van der Waals surface area contributed by atoms with Gasteiger partial charge in [-0.05, 0) is 43.0 Å². The van der Waals surface area contributed by atoms with Crippen LogP contribution in [-0.2, 0) is 13.1 Å². The van der Waals surface area contributed by atoms with Crippen molar-refractivity contribution in [3.8, 4) is 5.75 Å². The van der Waals surface area contributed by atoms with E-state index >= 15 is 0 Å². The number of hydrogen-bond acceptors (Lipinski definition) is 3. The van der Waals surface area contributed by atoms with Gasteiger partial charge in [-0.25, -0.2) is 0 Å². The monoisotopic (exact) mass is 271 g/mol. The number of rotatable bonds is 7. The lowest BCUT2D eigenvalue weighted by Crippen LogP contribution is -2.15. The van der Waals surface area contributed by atoms with Crippen LogP contribution in [0, 0.1) is 6.92 Å². The number of nitrogens with one attached hydrogen (secondary N) is 1. The fraction of sp³-hybridized carbons (Fsp3) is 0.438. The van der Waals surface area contributed by atoms with Crippen LogP contribution in [0.15, 0.2) is 36.7 Å². The summed E-state index contributed by atoms with van der Waals surface area (Å²) in [5.41, 5.74) is 2.49. The van der Waals surface area contributed by atoms with Crippen molar-refractivity contribution in [1.82, 2.24) is 15.1 Å². The Bertz CT molecular complexity index is 543. The topological polar surface area (TPSA) is 39.1 Å². The molecule has 1 saturated carbocycles. The van der Waals surface area contributed by atoms with Gasteiger partial charge in [0, 0.05) is 18.8 Å². The lowest BCUT2D eigenvalue weighted by molar-refractivity contribution is 0.291. The maximum Gasteiger partial charge on any atom is 0.119 e. The van der Waals surface area contributed by atoms with Crippen molar-refractivity contribution in [3.05, 3.63) is 47.8 Å². The summed E-state index contributed by atoms with van der Waals surface area (Å²) in [6, 6.07) is 9.09. The van der Waals surface area contributed by atoms with E-state index in [-0.39, 0.29) is 0 Å². The van der Waals surface area contributed by atoms with E-state index in [0.717, 1.165) is 24.9 Å². The second-order valence-corrected chi connectivity index (χ2v) is 5.43. The van der Waals surface area contributed by atoms with E-state index in [1.165, 1.54) is 24.0 Å². The molecule has 4 nitrogen and oxygen atoms in total. The zero-order chi connectivity index (χ0) is 13.8. The standard InChI is InChI=1S/C16H21N3O/c1-13-10-18-19(12-13)8-9-20-16-6-2-14(3-7-16)11-17-15-4-5-15/h2-3,6-7,10,12,15,17H,4-5,8-9,11H2,1H3. The molecule has 20 heavy (non-hydrogen) atoms. The van der Waals surface area contributed by atoms with Gasteiger partial charge < -0.3 is 10.1 Å². The van der Waals surface area contributed by atoms with Crippen molar-refractivity contribution in [3.63, 3.8) is 0 Å². The highest BCUT2D eigenvalue weighted by atomic mass is 16.5. The molecule has 2 aromatic rings. The molecule has 106 valence electrons. The minimum atomic E-state index is 0.640. The zero-order valence-electron chi connectivity index (χ0n) is 11.9. The first-order valence-corrected chi connectivity index (χ1v) is 7.24. The predicted octanol–water partition coefficient (Wildman–Crippen LogP) is 2.52. The molecule has 0 saturated heterocycles. The van der Waals surface area contributed by atoms with E-state index in [1.807, 2.05) is 36.1 Å². The highest BCUT2D eigenvalue weighted by Gasteiger charge is 2.19. The van der Waals surface area contributed by atoms with Crippen LogP contribution in [0.4, 0.5) is 0 Å². The number of aromatic nitrogens is 2. The summed E-state index contributed by atoms with van der Waals surface area (Å²) >= 11 is 0. The SMILES string of the molecule is Cc1cnn(CCOc2ccc(CNC3CC3)cc2)c1. The summed E-state index contributed by atoms with van der Waals surface area (Å²) in [4.78, 5) is 0. The summed E-state index contributed by atoms with van der Waals surface area (Å²) in [5.74, 6) is 0.920. The Kier molecular flexibility index (Phi) is 4.02. The second kappa shape index (κ2) is 6.09. The molecule has 1 aliphatic carbocycles. The molecular weight excluding hydrogens is 250 g/mol. The van der Waals surface area contributed by atoms with Gasteiger partial charge in [0.05, 0.1) is 12.7 Å². The Labute approximate surface area is 119 Å². The van der Waals surface area contributed by atoms with E-state index in [0.29, 0.717) is 6.61 Å². The minimum Gasteiger partial charge on any atom is -0.492 e. The predicted molar refractivity (Wildman–Crippen MR) is 78.8 cm³/mol. The van der Waals surface area contributed by atoms with Crippen molar-refractivity contribution in [2.45, 2.75) is 38.9 Å². The molecule has 0 bridgehead atoms. The van der Waals surface area contributed by atoms with Crippen molar-refractivity contribution < 1.29 is 4.74 Å². The first kappa shape index (κ1) is 13.2. The third-order valence-electron chi connectivity index (χ3n) is 3.45. The first-order valence-electron chi connectivity index (χ1n) is 7.24. The summed E-state index contributed by atoms with van der Waals surface area (Å²) in [6.07, 6.45) is 6.54. The Morgan fingerprint density at radius 2 is 2.10 bits per heavy atom. The van der Waals surface area contributed by atoms with Gasteiger partial charge in [-0.15, -0.1) is 0 Å². The largest absolute Gasteiger partial charge is 0.492 e. The Morgan fingerprint density at radius 3 is 2.75 bits per heavy atom. The summed E-state index contributed by atoms with van der Waals surface area (Å²) in [6.45, 7) is 4.41. The van der Waals surface area contributed by atoms with Crippen molar-refractivity contribution >= 4 is 0 Å². The molecule has 3 rings (SSSR count). The van der Waals surface area contributed by atoms with Crippen LogP contribution in [0.2, 0.25) is 0 Å². The van der Waals surface area contributed by atoms with E-state index < -0.39 is 0 Å². The first-order chi connectivity index (χ1) is 9.79. The zero-order valence-corrected chi connectivity index (χ0v) is 11.9. The van der Waals surface area contributed by atoms with E-state index in [2.05, 4.69) is 22.5 Å². The molecule has 1 heterocycles. The van der Waals surface area contributed by atoms with E-state index in [4.69, 9.17) is 4.74 Å². The lowest BCUT2D eigenvalue weighted by Gasteiger charge is -2.08. The second-order valence-electron chi connectivity index (χ2n) is 5.43. The van der Waals surface area contributed by atoms with Gasteiger partial charge >= 0.3 is 0 Å². The molecule has 4 heteroatoms. The maximum atomic E-state index is 5.73. The van der Waals surface area contributed by atoms with Gasteiger partial charge in [0.1, 0.15) is 12.4 Å². The molecule has 0 amide bonds. The van der Waals surface area contributed by atoms with Crippen LogP contribution in [0.25, 0.3) is 0 Å². The van der Waals surface area contributed by atoms with Crippen molar-refractivity contribution in [1.29, 1.82) is 0 Å². The van der Waals surface area contributed by atoms with Gasteiger partial charge in [-0.3, -0.25) is 4.68 Å². The molecule has 0 unspecified atom stereocenters. The number of hydrogen-bond donors (Lipinski definition) is 1. The number of ether oxygens (including phenoxy) is 1. The fourth-order valence-corrected chi connectivity index (χ4v) is 2.10. The molecule has 1 N–H and O–H groups in total.